The predicted molar refractivity (Wildman–Crippen MR) is 151 cm³/mol. The van der Waals surface area contributed by atoms with E-state index in [1.807, 2.05) is 0 Å². The van der Waals surface area contributed by atoms with Gasteiger partial charge in [0, 0.05) is 0 Å². The molecule has 0 radical (unpaired) electrons. The van der Waals surface area contributed by atoms with Crippen molar-refractivity contribution < 1.29 is 56.7 Å². The summed E-state index contributed by atoms with van der Waals surface area (Å²) in [6.07, 6.45) is -10.1. The molecule has 258 valence electrons. The summed E-state index contributed by atoms with van der Waals surface area (Å²) >= 11 is 0. The summed E-state index contributed by atoms with van der Waals surface area (Å²) in [5, 5.41) is 24.6. The van der Waals surface area contributed by atoms with Gasteiger partial charge in [-0.15, -0.1) is 0 Å². The van der Waals surface area contributed by atoms with E-state index in [0.717, 1.165) is 17.2 Å². The second-order valence-electron chi connectivity index (χ2n) is 10.1. The Balaban J connectivity index is 0.00000217. The SMILES string of the molecule is Nc1nc2c(ncn2[C@@H]2O[C@@H]3COP(=O)([O-])O[C@H]4[C@@H]([O-])[C@H](n5cnc6c(N)ncnc65)O[C@@H]4COP(=O)(O)O[C@H]3[C@H]2O)c(=O)[nH]1.[NH4+].[NH4+]. The van der Waals surface area contributed by atoms with Crippen LogP contribution in [0.15, 0.2) is 23.8 Å². The van der Waals surface area contributed by atoms with Crippen LogP contribution in [0.25, 0.3) is 22.3 Å². The maximum absolute atomic E-state index is 13.5. The molecular weight excluding hydrogens is 678 g/mol. The summed E-state index contributed by atoms with van der Waals surface area (Å²) in [4.78, 5) is 57.7. The highest BCUT2D eigenvalue weighted by Crippen LogP contribution is 2.52. The molecule has 47 heavy (non-hydrogen) atoms. The minimum atomic E-state index is -5.34. The van der Waals surface area contributed by atoms with Gasteiger partial charge in [-0.2, -0.15) is 4.98 Å². The van der Waals surface area contributed by atoms with Gasteiger partial charge in [-0.1, -0.05) is 0 Å². The molecule has 0 aliphatic carbocycles. The molecule has 0 aromatic carbocycles. The number of aromatic nitrogens is 8. The predicted octanol–water partition coefficient (Wildman–Crippen LogP) is -2.85. The number of nitrogen functional groups attached to an aromatic ring is 2. The Labute approximate surface area is 261 Å². The second kappa shape index (κ2) is 12.5. The molecule has 3 saturated heterocycles. The normalized spacial score (nSPS) is 36.1. The highest BCUT2D eigenvalue weighted by atomic mass is 31.2. The average molecular weight is 708 g/mol. The van der Waals surface area contributed by atoms with Gasteiger partial charge in [0.2, 0.25) is 5.95 Å². The van der Waals surface area contributed by atoms with E-state index in [9.17, 15) is 33.9 Å². The third-order valence-corrected chi connectivity index (χ3v) is 9.24. The molecule has 0 spiro atoms. The van der Waals surface area contributed by atoms with E-state index in [-0.39, 0.29) is 46.4 Å². The van der Waals surface area contributed by atoms with E-state index < -0.39 is 83.5 Å². The zero-order chi connectivity index (χ0) is 31.8. The summed E-state index contributed by atoms with van der Waals surface area (Å²) in [5.74, 6) is -0.274. The molecule has 0 amide bonds. The lowest BCUT2D eigenvalue weighted by Gasteiger charge is -2.35. The van der Waals surface area contributed by atoms with Crippen molar-refractivity contribution in [3.8, 4) is 0 Å². The Bertz CT molecular complexity index is 1940. The van der Waals surface area contributed by atoms with Gasteiger partial charge in [-0.05, 0) is 6.10 Å². The number of nitrogens with zero attached hydrogens (tertiary/aromatic N) is 7. The Morgan fingerprint density at radius 3 is 2.30 bits per heavy atom. The molecule has 2 unspecified atom stereocenters. The topological polar surface area (TPSA) is 408 Å². The summed E-state index contributed by atoms with van der Waals surface area (Å²) in [7, 11) is -10.4. The number of H-pyrrole nitrogens is 1. The summed E-state index contributed by atoms with van der Waals surface area (Å²) < 4.78 is 60.1. The monoisotopic (exact) mass is 708 g/mol. The van der Waals surface area contributed by atoms with Gasteiger partial charge in [-0.25, -0.2) is 24.5 Å². The number of aliphatic hydroxyl groups excluding tert-OH is 1. The number of phosphoric ester groups is 2. The third-order valence-electron chi connectivity index (χ3n) is 7.29. The minimum absolute atomic E-state index is 0. The van der Waals surface area contributed by atoms with Crippen molar-refractivity contribution in [3.63, 3.8) is 0 Å². The van der Waals surface area contributed by atoms with Crippen LogP contribution in [0.4, 0.5) is 11.8 Å². The van der Waals surface area contributed by atoms with Gasteiger partial charge in [0.05, 0.1) is 32.0 Å². The first-order valence-corrected chi connectivity index (χ1v) is 15.9. The molecule has 27 heteroatoms. The second-order valence-corrected chi connectivity index (χ2v) is 12.9. The molecular formula is C20H30N12O13P2. The van der Waals surface area contributed by atoms with Crippen LogP contribution in [-0.4, -0.2) is 98.9 Å². The zero-order valence-electron chi connectivity index (χ0n) is 24.3. The fourth-order valence-electron chi connectivity index (χ4n) is 5.29. The number of hydrogen-bond donors (Lipinski definition) is 7. The number of aliphatic hydroxyl groups is 1. The molecule has 7 heterocycles. The molecule has 7 rings (SSSR count). The van der Waals surface area contributed by atoms with E-state index in [1.54, 1.807) is 0 Å². The summed E-state index contributed by atoms with van der Waals surface area (Å²) in [6, 6.07) is 0. The highest BCUT2D eigenvalue weighted by molar-refractivity contribution is 7.47. The van der Waals surface area contributed by atoms with E-state index >= 15 is 0 Å². The Hall–Kier alpha value is -3.52. The number of nitrogens with two attached hydrogens (primary N) is 2. The lowest BCUT2D eigenvalue weighted by Crippen LogP contribution is -2.45. The van der Waals surface area contributed by atoms with E-state index in [2.05, 4.69) is 29.9 Å². The summed E-state index contributed by atoms with van der Waals surface area (Å²) in [6.45, 7) is -1.80. The number of rotatable bonds is 2. The van der Waals surface area contributed by atoms with Gasteiger partial charge >= 0.3 is 7.82 Å². The van der Waals surface area contributed by atoms with Crippen molar-refractivity contribution in [2.75, 3.05) is 24.7 Å². The van der Waals surface area contributed by atoms with E-state index in [0.29, 0.717) is 0 Å². The quantitative estimate of drug-likeness (QED) is 0.103. The van der Waals surface area contributed by atoms with Gasteiger partial charge in [0.15, 0.2) is 28.9 Å². The fourth-order valence-corrected chi connectivity index (χ4v) is 7.20. The molecule has 0 bridgehead atoms. The van der Waals surface area contributed by atoms with Gasteiger partial charge in [0.25, 0.3) is 13.4 Å². The van der Waals surface area contributed by atoms with Crippen molar-refractivity contribution in [1.82, 2.24) is 51.3 Å². The Kier molecular flexibility index (Phi) is 9.25. The highest BCUT2D eigenvalue weighted by Gasteiger charge is 2.51. The molecule has 25 nitrogen and oxygen atoms in total. The zero-order valence-corrected chi connectivity index (χ0v) is 26.1. The number of hydrogen-bond acceptors (Lipinski definition) is 19. The largest absolute Gasteiger partial charge is 0.847 e. The maximum atomic E-state index is 13.5. The Morgan fingerprint density at radius 1 is 0.915 bits per heavy atom. The smallest absolute Gasteiger partial charge is 0.472 e. The van der Waals surface area contributed by atoms with Gasteiger partial charge < -0.3 is 62.3 Å². The molecule has 3 aliphatic rings. The third kappa shape index (κ3) is 6.14. The van der Waals surface area contributed by atoms with Crippen LogP contribution in [0.3, 0.4) is 0 Å². The summed E-state index contributed by atoms with van der Waals surface area (Å²) in [5.41, 5.74) is 10.7. The fraction of sp³-hybridized carbons (Fsp3) is 0.500. The van der Waals surface area contributed by atoms with Crippen LogP contribution in [0, 0.1) is 0 Å². The number of phosphoric acid groups is 2. The number of anilines is 2. The van der Waals surface area contributed by atoms with Crippen LogP contribution in [-0.2, 0) is 36.7 Å². The first-order valence-electron chi connectivity index (χ1n) is 12.9. The van der Waals surface area contributed by atoms with Crippen molar-refractivity contribution in [3.05, 3.63) is 29.3 Å². The average Bonchev–Trinajstić information content (AvgIpc) is 3.72. The van der Waals surface area contributed by atoms with Crippen molar-refractivity contribution in [1.29, 1.82) is 0 Å². The Morgan fingerprint density at radius 2 is 1.55 bits per heavy atom. The molecule has 4 aromatic rings. The number of aromatic amines is 1. The molecule has 0 saturated carbocycles. The van der Waals surface area contributed by atoms with Gasteiger partial charge in [0.1, 0.15) is 42.5 Å². The van der Waals surface area contributed by atoms with E-state index in [1.165, 1.54) is 10.9 Å². The molecule has 3 fully saturated rings. The first-order chi connectivity index (χ1) is 21.3. The number of fused-ring (bicyclic) bond motifs is 4. The van der Waals surface area contributed by atoms with Crippen LogP contribution in [0.2, 0.25) is 0 Å². The van der Waals surface area contributed by atoms with E-state index in [4.69, 9.17) is 39.0 Å². The van der Waals surface area contributed by atoms with Crippen LogP contribution >= 0.6 is 15.6 Å². The number of nitrogens with one attached hydrogen (secondary N) is 1. The maximum Gasteiger partial charge on any atom is 0.472 e. The van der Waals surface area contributed by atoms with Crippen LogP contribution in [0.1, 0.15) is 12.5 Å². The van der Waals surface area contributed by atoms with Crippen molar-refractivity contribution in [2.45, 2.75) is 49.1 Å². The van der Waals surface area contributed by atoms with Crippen LogP contribution < -0.4 is 39.3 Å². The molecule has 4 aromatic heterocycles. The molecule has 3 aliphatic heterocycles. The number of quaternary nitrogens is 2. The van der Waals surface area contributed by atoms with Gasteiger partial charge in [-0.3, -0.25) is 32.5 Å². The lowest BCUT2D eigenvalue weighted by atomic mass is 10.1. The van der Waals surface area contributed by atoms with Crippen LogP contribution in [0.5, 0.6) is 0 Å². The standard InChI is InChI=1S/C20H23N10O13P2.2H3N/c21-14-8-15(24-3-23-14)29(4-25-8)18-10(31)12-6(40-18)1-38-45(36,37)43-13-7(2-39-44(34,35)42-12)41-19(11(13)32)30-5-26-9-16(30)27-20(22)28-17(9)33;;/h3-7,10-13,18-19,32H,1-2H2,(H,34,35)(H,36,37)(H2,21,23,24)(H3,22,27,28,33);2*1H3/q-1;;/p+1/t6-,7-,10-,11-,12-,13-,18-,19-;;/m1../s1. The van der Waals surface area contributed by atoms with Crippen molar-refractivity contribution in [2.24, 2.45) is 0 Å². The van der Waals surface area contributed by atoms with Crippen molar-refractivity contribution >= 4 is 49.7 Å². The lowest BCUT2D eigenvalue weighted by molar-refractivity contribution is -0.446. The minimum Gasteiger partial charge on any atom is -0.847 e. The number of ether oxygens (including phenoxy) is 2. The molecule has 15 N–H and O–H groups in total. The number of imidazole rings is 2. The first kappa shape index (κ1) is 34.8. The molecule has 10 atom stereocenters.